The van der Waals surface area contributed by atoms with Crippen LogP contribution in [0.25, 0.3) is 0 Å². The van der Waals surface area contributed by atoms with Crippen LogP contribution in [-0.4, -0.2) is 31.2 Å². The molecule has 3 heteroatoms. The Morgan fingerprint density at radius 3 is 2.11 bits per heavy atom. The number of carbonyl (C=O) groups is 1. The van der Waals surface area contributed by atoms with Crippen LogP contribution in [0.3, 0.4) is 0 Å². The summed E-state index contributed by atoms with van der Waals surface area (Å²) < 4.78 is 13.1. The van der Waals surface area contributed by atoms with Gasteiger partial charge in [-0.2, -0.15) is 0 Å². The van der Waals surface area contributed by atoms with E-state index in [0.29, 0.717) is 42.3 Å². The number of rotatable bonds is 9. The molecule has 2 rings (SSSR count). The van der Waals surface area contributed by atoms with E-state index in [0.717, 1.165) is 32.5 Å². The lowest BCUT2D eigenvalue weighted by atomic mass is 9.51. The predicted octanol–water partition coefficient (Wildman–Crippen LogP) is 6.07. The number of fused-ring (bicyclic) bond motifs is 1. The largest absolute Gasteiger partial charge is 0.375 e. The highest BCUT2D eigenvalue weighted by molar-refractivity contribution is 5.80. The van der Waals surface area contributed by atoms with Gasteiger partial charge in [-0.05, 0) is 49.4 Å². The van der Waals surface area contributed by atoms with Gasteiger partial charge >= 0.3 is 0 Å². The molecule has 6 atom stereocenters. The molecule has 0 unspecified atom stereocenters. The van der Waals surface area contributed by atoms with Gasteiger partial charge in [0, 0.05) is 37.9 Å². The summed E-state index contributed by atoms with van der Waals surface area (Å²) in [5.41, 5.74) is 1.30. The highest BCUT2D eigenvalue weighted by Gasteiger charge is 2.56. The van der Waals surface area contributed by atoms with Crippen LogP contribution >= 0.6 is 0 Å². The Labute approximate surface area is 173 Å². The van der Waals surface area contributed by atoms with Crippen LogP contribution in [0.1, 0.15) is 80.6 Å². The SMILES string of the molecule is C=C(C)[C@H]1C[C@@]2(C)[C@H](CC(=O)C[C@@H]2C)[C@H](OCCC(C)C)[C@@H]1OCCC(C)C. The van der Waals surface area contributed by atoms with Crippen molar-refractivity contribution < 1.29 is 14.3 Å². The van der Waals surface area contributed by atoms with Crippen molar-refractivity contribution in [2.75, 3.05) is 13.2 Å². The molecule has 0 aromatic heterocycles. The van der Waals surface area contributed by atoms with Gasteiger partial charge in [-0.1, -0.05) is 53.7 Å². The average Bonchev–Trinajstić information content (AvgIpc) is 2.57. The van der Waals surface area contributed by atoms with Crippen LogP contribution < -0.4 is 0 Å². The molecular weight excluding hydrogens is 348 g/mol. The van der Waals surface area contributed by atoms with Crippen LogP contribution in [-0.2, 0) is 14.3 Å². The van der Waals surface area contributed by atoms with E-state index in [4.69, 9.17) is 9.47 Å². The Morgan fingerprint density at radius 2 is 1.61 bits per heavy atom. The lowest BCUT2D eigenvalue weighted by Gasteiger charge is -2.57. The van der Waals surface area contributed by atoms with E-state index in [-0.39, 0.29) is 23.5 Å². The average molecular weight is 393 g/mol. The third-order valence-electron chi connectivity index (χ3n) is 7.37. The first-order valence-corrected chi connectivity index (χ1v) is 11.5. The molecular formula is C25H44O3. The monoisotopic (exact) mass is 392 g/mol. The quantitative estimate of drug-likeness (QED) is 0.447. The van der Waals surface area contributed by atoms with E-state index >= 15 is 0 Å². The van der Waals surface area contributed by atoms with Crippen molar-refractivity contribution in [1.82, 2.24) is 0 Å². The second-order valence-electron chi connectivity index (χ2n) is 10.7. The molecule has 0 aromatic rings. The van der Waals surface area contributed by atoms with E-state index in [1.807, 2.05) is 0 Å². The maximum absolute atomic E-state index is 12.5. The van der Waals surface area contributed by atoms with Crippen LogP contribution in [0.4, 0.5) is 0 Å². The van der Waals surface area contributed by atoms with Crippen molar-refractivity contribution in [3.63, 3.8) is 0 Å². The fraction of sp³-hybridized carbons (Fsp3) is 0.880. The van der Waals surface area contributed by atoms with Gasteiger partial charge in [-0.15, -0.1) is 0 Å². The first kappa shape index (κ1) is 23.6. The maximum Gasteiger partial charge on any atom is 0.133 e. The first-order chi connectivity index (χ1) is 13.1. The number of hydrogen-bond acceptors (Lipinski definition) is 3. The lowest BCUT2D eigenvalue weighted by Crippen LogP contribution is -2.59. The number of ether oxygens (including phenoxy) is 2. The maximum atomic E-state index is 12.5. The number of hydrogen-bond donors (Lipinski definition) is 0. The van der Waals surface area contributed by atoms with E-state index in [9.17, 15) is 4.79 Å². The van der Waals surface area contributed by atoms with Gasteiger partial charge < -0.3 is 9.47 Å². The van der Waals surface area contributed by atoms with E-state index in [1.54, 1.807) is 0 Å². The third-order valence-corrected chi connectivity index (χ3v) is 7.37. The van der Waals surface area contributed by atoms with Gasteiger partial charge in [0.25, 0.3) is 0 Å². The molecule has 28 heavy (non-hydrogen) atoms. The van der Waals surface area contributed by atoms with Crippen LogP contribution in [0, 0.1) is 35.0 Å². The van der Waals surface area contributed by atoms with Gasteiger partial charge in [-0.3, -0.25) is 4.79 Å². The third kappa shape index (κ3) is 5.48. The van der Waals surface area contributed by atoms with Crippen molar-refractivity contribution in [3.05, 3.63) is 12.2 Å². The molecule has 162 valence electrons. The van der Waals surface area contributed by atoms with Crippen molar-refractivity contribution in [2.24, 2.45) is 35.0 Å². The molecule has 0 heterocycles. The molecule has 0 radical (unpaired) electrons. The van der Waals surface area contributed by atoms with E-state index in [2.05, 4.69) is 55.0 Å². The van der Waals surface area contributed by atoms with Gasteiger partial charge in [0.15, 0.2) is 0 Å². The van der Waals surface area contributed by atoms with Gasteiger partial charge in [0.05, 0.1) is 12.2 Å². The summed E-state index contributed by atoms with van der Waals surface area (Å²) in [6, 6.07) is 0. The molecule has 0 aliphatic heterocycles. The smallest absolute Gasteiger partial charge is 0.133 e. The molecule has 0 aromatic carbocycles. The van der Waals surface area contributed by atoms with Crippen molar-refractivity contribution in [3.8, 4) is 0 Å². The molecule has 0 spiro atoms. The fourth-order valence-electron chi connectivity index (χ4n) is 5.15. The summed E-state index contributed by atoms with van der Waals surface area (Å²) in [6.07, 6.45) is 4.48. The highest BCUT2D eigenvalue weighted by Crippen LogP contribution is 2.56. The zero-order valence-corrected chi connectivity index (χ0v) is 19.4. The summed E-state index contributed by atoms with van der Waals surface area (Å²) in [5, 5.41) is 0. The molecule has 0 saturated heterocycles. The molecule has 2 saturated carbocycles. The van der Waals surface area contributed by atoms with E-state index < -0.39 is 0 Å². The minimum atomic E-state index is -0.0157. The van der Waals surface area contributed by atoms with Gasteiger partial charge in [0.1, 0.15) is 5.78 Å². The zero-order chi connectivity index (χ0) is 21.1. The topological polar surface area (TPSA) is 35.5 Å². The lowest BCUT2D eigenvalue weighted by molar-refractivity contribution is -0.192. The molecule has 2 aliphatic rings. The minimum absolute atomic E-state index is 0.0135. The molecule has 3 nitrogen and oxygen atoms in total. The molecule has 0 amide bonds. The summed E-state index contributed by atoms with van der Waals surface area (Å²) in [5.74, 6) is 2.55. The summed E-state index contributed by atoms with van der Waals surface area (Å²) >= 11 is 0. The van der Waals surface area contributed by atoms with Crippen LogP contribution in [0.2, 0.25) is 0 Å². The molecule has 2 aliphatic carbocycles. The van der Waals surface area contributed by atoms with Gasteiger partial charge in [0.2, 0.25) is 0 Å². The Kier molecular flexibility index (Phi) is 8.34. The Bertz CT molecular complexity index is 538. The fourth-order valence-corrected chi connectivity index (χ4v) is 5.15. The number of ketones is 1. The number of Topliss-reactive ketones (excluding diaryl/α,β-unsaturated/α-hetero) is 1. The normalized spacial score (nSPS) is 36.0. The van der Waals surface area contributed by atoms with Crippen LogP contribution in [0.15, 0.2) is 12.2 Å². The Balaban J connectivity index is 2.30. The number of carbonyl (C=O) groups excluding carboxylic acids is 1. The zero-order valence-electron chi connectivity index (χ0n) is 19.4. The van der Waals surface area contributed by atoms with Crippen molar-refractivity contribution >= 4 is 5.78 Å². The summed E-state index contributed by atoms with van der Waals surface area (Å²) in [6.45, 7) is 21.5. The highest BCUT2D eigenvalue weighted by atomic mass is 16.5. The summed E-state index contributed by atoms with van der Waals surface area (Å²) in [7, 11) is 0. The van der Waals surface area contributed by atoms with E-state index in [1.165, 1.54) is 5.57 Å². The first-order valence-electron chi connectivity index (χ1n) is 11.5. The Hall–Kier alpha value is -0.670. The van der Waals surface area contributed by atoms with Crippen LogP contribution in [0.5, 0.6) is 0 Å². The van der Waals surface area contributed by atoms with Gasteiger partial charge in [-0.25, -0.2) is 0 Å². The predicted molar refractivity (Wildman–Crippen MR) is 116 cm³/mol. The summed E-state index contributed by atoms with van der Waals surface area (Å²) in [4.78, 5) is 12.5. The Morgan fingerprint density at radius 1 is 1.07 bits per heavy atom. The second-order valence-corrected chi connectivity index (χ2v) is 10.7. The van der Waals surface area contributed by atoms with Crippen molar-refractivity contribution in [2.45, 2.75) is 92.8 Å². The van der Waals surface area contributed by atoms with Crippen molar-refractivity contribution in [1.29, 1.82) is 0 Å². The second kappa shape index (κ2) is 9.89. The molecule has 0 N–H and O–H groups in total. The minimum Gasteiger partial charge on any atom is -0.375 e. The molecule has 2 fully saturated rings. The standard InChI is InChI=1S/C25H44O3/c1-16(2)9-11-27-23-21(18(5)6)15-25(8)19(7)13-20(26)14-22(25)24(23)28-12-10-17(3)4/h16-17,19,21-24H,5,9-15H2,1-4,6-8H3/t19-,21+,22+,23+,24-,25+/m0/s1. The molecule has 0 bridgehead atoms.